The van der Waals surface area contributed by atoms with Gasteiger partial charge in [0.05, 0.1) is 11.8 Å². The minimum Gasteiger partial charge on any atom is -0.469 e. The van der Waals surface area contributed by atoms with Crippen molar-refractivity contribution in [2.75, 3.05) is 0 Å². The summed E-state index contributed by atoms with van der Waals surface area (Å²) in [5, 5.41) is 10.7. The molecule has 1 N–H and O–H groups in total. The van der Waals surface area contributed by atoms with Gasteiger partial charge in [0.25, 0.3) is 11.1 Å². The number of halogens is 1. The molecule has 1 unspecified atom stereocenters. The predicted octanol–water partition coefficient (Wildman–Crippen LogP) is 3.89. The number of thioether (sulfide) groups is 1. The van der Waals surface area contributed by atoms with E-state index >= 15 is 0 Å². The van der Waals surface area contributed by atoms with Gasteiger partial charge in [0, 0.05) is 6.04 Å². The molecule has 8 heteroatoms. The summed E-state index contributed by atoms with van der Waals surface area (Å²) in [6.07, 6.45) is 3.51. The van der Waals surface area contributed by atoms with Gasteiger partial charge in [-0.3, -0.25) is 4.79 Å². The summed E-state index contributed by atoms with van der Waals surface area (Å²) in [6.45, 7) is 1.80. The highest BCUT2D eigenvalue weighted by molar-refractivity contribution is 8.00. The summed E-state index contributed by atoms with van der Waals surface area (Å²) in [5.41, 5.74) is 1.39. The molecule has 4 rings (SSSR count). The van der Waals surface area contributed by atoms with Crippen LogP contribution in [0.15, 0.2) is 50.7 Å². The first-order valence-electron chi connectivity index (χ1n) is 8.20. The van der Waals surface area contributed by atoms with Crippen molar-refractivity contribution in [2.45, 2.75) is 36.3 Å². The largest absolute Gasteiger partial charge is 0.469 e. The first-order chi connectivity index (χ1) is 12.6. The van der Waals surface area contributed by atoms with Crippen LogP contribution in [-0.2, 0) is 4.79 Å². The lowest BCUT2D eigenvalue weighted by Crippen LogP contribution is -2.29. The Balaban J connectivity index is 1.58. The highest BCUT2D eigenvalue weighted by Crippen LogP contribution is 2.37. The number of hydrogen-bond donors (Lipinski definition) is 1. The van der Waals surface area contributed by atoms with Crippen molar-refractivity contribution in [3.8, 4) is 11.5 Å². The number of nitrogens with zero attached hydrogens (tertiary/aromatic N) is 2. The monoisotopic (exact) mass is 373 g/mol. The number of aromatic nitrogens is 2. The number of rotatable bonds is 6. The molecule has 1 fully saturated rings. The number of hydrogen-bond acceptors (Lipinski definition) is 6. The van der Waals surface area contributed by atoms with Crippen molar-refractivity contribution >= 4 is 17.7 Å². The van der Waals surface area contributed by atoms with Crippen LogP contribution in [0.1, 0.15) is 29.4 Å². The van der Waals surface area contributed by atoms with Crippen molar-refractivity contribution in [1.29, 1.82) is 0 Å². The van der Waals surface area contributed by atoms with E-state index in [1.807, 2.05) is 0 Å². The molecule has 134 valence electrons. The van der Waals surface area contributed by atoms with Gasteiger partial charge in [-0.05, 0) is 55.3 Å². The fourth-order valence-electron chi connectivity index (χ4n) is 2.49. The van der Waals surface area contributed by atoms with Crippen molar-refractivity contribution in [1.82, 2.24) is 15.5 Å². The van der Waals surface area contributed by atoms with Gasteiger partial charge in [-0.1, -0.05) is 12.1 Å². The number of carbonyl (C=O) groups excluding carboxylic acids is 1. The first kappa shape index (κ1) is 16.8. The molecule has 1 saturated carbocycles. The van der Waals surface area contributed by atoms with Crippen molar-refractivity contribution in [3.63, 3.8) is 0 Å². The minimum absolute atomic E-state index is 0.150. The third kappa shape index (κ3) is 3.65. The molecular weight excluding hydrogens is 357 g/mol. The summed E-state index contributed by atoms with van der Waals surface area (Å²) in [6, 6.07) is 7.82. The van der Waals surface area contributed by atoms with Crippen LogP contribution in [0.2, 0.25) is 0 Å². The van der Waals surface area contributed by atoms with Crippen LogP contribution in [-0.4, -0.2) is 22.1 Å². The summed E-state index contributed by atoms with van der Waals surface area (Å²) >= 11 is 1.14. The lowest BCUT2D eigenvalue weighted by molar-refractivity contribution is -0.120. The Labute approximate surface area is 153 Å². The smallest absolute Gasteiger partial charge is 0.277 e. The molecule has 1 aromatic carbocycles. The lowest BCUT2D eigenvalue weighted by Gasteiger charge is -2.14. The van der Waals surface area contributed by atoms with Crippen LogP contribution < -0.4 is 5.32 Å². The van der Waals surface area contributed by atoms with E-state index in [9.17, 15) is 9.18 Å². The van der Waals surface area contributed by atoms with Gasteiger partial charge in [-0.2, -0.15) is 0 Å². The highest BCUT2D eigenvalue weighted by atomic mass is 32.2. The lowest BCUT2D eigenvalue weighted by atomic mass is 10.1. The first-order valence-corrected chi connectivity index (χ1v) is 9.08. The molecule has 0 radical (unpaired) electrons. The molecule has 1 aliphatic rings. The van der Waals surface area contributed by atoms with Crippen LogP contribution in [0.5, 0.6) is 0 Å². The molecule has 26 heavy (non-hydrogen) atoms. The van der Waals surface area contributed by atoms with E-state index in [1.165, 1.54) is 12.1 Å². The zero-order chi connectivity index (χ0) is 18.1. The molecule has 0 saturated heterocycles. The fraction of sp³-hybridized carbons (Fsp3) is 0.278. The molecule has 2 aromatic heterocycles. The number of aryl methyl sites for hydroxylation is 1. The maximum Gasteiger partial charge on any atom is 0.277 e. The maximum absolute atomic E-state index is 13.2. The highest BCUT2D eigenvalue weighted by Gasteiger charge is 2.30. The van der Waals surface area contributed by atoms with Crippen LogP contribution in [0.25, 0.3) is 11.5 Å². The van der Waals surface area contributed by atoms with Gasteiger partial charge in [0.15, 0.2) is 0 Å². The van der Waals surface area contributed by atoms with Gasteiger partial charge < -0.3 is 14.2 Å². The Morgan fingerprint density at radius 1 is 1.27 bits per heavy atom. The molecule has 1 atom stereocenters. The third-order valence-electron chi connectivity index (χ3n) is 4.05. The van der Waals surface area contributed by atoms with Crippen LogP contribution in [0.3, 0.4) is 0 Å². The summed E-state index contributed by atoms with van der Waals surface area (Å²) in [7, 11) is 0. The van der Waals surface area contributed by atoms with E-state index in [2.05, 4.69) is 15.5 Å². The fourth-order valence-corrected chi connectivity index (χ4v) is 3.37. The van der Waals surface area contributed by atoms with Crippen LogP contribution in [0.4, 0.5) is 4.39 Å². The van der Waals surface area contributed by atoms with E-state index in [0.717, 1.165) is 24.6 Å². The van der Waals surface area contributed by atoms with E-state index in [4.69, 9.17) is 8.83 Å². The maximum atomic E-state index is 13.2. The second-order valence-corrected chi connectivity index (χ2v) is 7.15. The average molecular weight is 373 g/mol. The zero-order valence-electron chi connectivity index (χ0n) is 13.9. The molecule has 2 heterocycles. The quantitative estimate of drug-likeness (QED) is 0.660. The van der Waals surface area contributed by atoms with E-state index < -0.39 is 5.25 Å². The van der Waals surface area contributed by atoms with Gasteiger partial charge >= 0.3 is 0 Å². The second kappa shape index (κ2) is 6.95. The molecule has 6 nitrogen and oxygen atoms in total. The Morgan fingerprint density at radius 3 is 2.69 bits per heavy atom. The number of nitrogens with one attached hydrogen (secondary N) is 1. The minimum atomic E-state index is -0.602. The Hall–Kier alpha value is -2.61. The van der Waals surface area contributed by atoms with E-state index in [0.29, 0.717) is 22.8 Å². The second-order valence-electron chi connectivity index (χ2n) is 6.10. The van der Waals surface area contributed by atoms with Crippen molar-refractivity contribution in [2.24, 2.45) is 0 Å². The SMILES string of the molecule is Cc1occc1-c1nnc(SC(C(=O)NC2CC2)c2ccc(F)cc2)o1. The molecule has 1 aliphatic carbocycles. The average Bonchev–Trinajstić information content (AvgIpc) is 3.14. The topological polar surface area (TPSA) is 81.2 Å². The van der Waals surface area contributed by atoms with Crippen molar-refractivity contribution < 1.29 is 18.0 Å². The number of carbonyl (C=O) groups is 1. The van der Waals surface area contributed by atoms with E-state index in [-0.39, 0.29) is 23.0 Å². The van der Waals surface area contributed by atoms with Crippen LogP contribution >= 0.6 is 11.8 Å². The molecule has 0 aliphatic heterocycles. The number of furan rings is 1. The summed E-state index contributed by atoms with van der Waals surface area (Å²) < 4.78 is 24.2. The number of benzene rings is 1. The predicted molar refractivity (Wildman–Crippen MR) is 92.9 cm³/mol. The molecular formula is C18H16FN3O3S. The molecule has 0 bridgehead atoms. The molecule has 3 aromatic rings. The van der Waals surface area contributed by atoms with Crippen LogP contribution in [0, 0.1) is 12.7 Å². The van der Waals surface area contributed by atoms with Gasteiger partial charge in [-0.25, -0.2) is 4.39 Å². The van der Waals surface area contributed by atoms with E-state index in [1.54, 1.807) is 31.4 Å². The Morgan fingerprint density at radius 2 is 2.04 bits per heavy atom. The van der Waals surface area contributed by atoms with Crippen molar-refractivity contribution in [3.05, 3.63) is 53.7 Å². The Bertz CT molecular complexity index is 918. The third-order valence-corrected chi connectivity index (χ3v) is 5.14. The molecule has 0 spiro atoms. The molecule has 1 amide bonds. The summed E-state index contributed by atoms with van der Waals surface area (Å²) in [4.78, 5) is 12.6. The number of amides is 1. The van der Waals surface area contributed by atoms with Gasteiger partial charge in [0.2, 0.25) is 5.91 Å². The summed E-state index contributed by atoms with van der Waals surface area (Å²) in [5.74, 6) is 0.505. The van der Waals surface area contributed by atoms with Gasteiger partial charge in [0.1, 0.15) is 16.8 Å². The van der Waals surface area contributed by atoms with Gasteiger partial charge in [-0.15, -0.1) is 10.2 Å². The normalized spacial score (nSPS) is 15.0. The zero-order valence-corrected chi connectivity index (χ0v) is 14.8. The Kier molecular flexibility index (Phi) is 4.50. The standard InChI is InChI=1S/C18H16FN3O3S/c1-10-14(8-9-24-10)17-21-22-18(25-17)26-15(16(23)20-13-6-7-13)11-2-4-12(19)5-3-11/h2-5,8-9,13,15H,6-7H2,1H3,(H,20,23).